The Balaban J connectivity index is 1.01. The highest BCUT2D eigenvalue weighted by molar-refractivity contribution is 6.09. The molecule has 8 aromatic carbocycles. The van der Waals surface area contributed by atoms with Gasteiger partial charge < -0.3 is 9.32 Å². The van der Waals surface area contributed by atoms with Crippen molar-refractivity contribution in [2.24, 2.45) is 0 Å². The van der Waals surface area contributed by atoms with Gasteiger partial charge in [0.05, 0.1) is 0 Å². The molecular formula is C57H45NO. The maximum absolute atomic E-state index is 6.60. The van der Waals surface area contributed by atoms with Crippen molar-refractivity contribution in [1.82, 2.24) is 0 Å². The molecule has 12 rings (SSSR count). The first-order valence-corrected chi connectivity index (χ1v) is 21.4. The summed E-state index contributed by atoms with van der Waals surface area (Å²) in [5.41, 5.74) is 21.4. The molecule has 2 nitrogen and oxygen atoms in total. The Morgan fingerprint density at radius 1 is 0.407 bits per heavy atom. The molecule has 0 atom stereocenters. The van der Waals surface area contributed by atoms with E-state index in [2.05, 4.69) is 195 Å². The first kappa shape index (κ1) is 34.4. The van der Waals surface area contributed by atoms with Crippen LogP contribution in [0.3, 0.4) is 0 Å². The van der Waals surface area contributed by atoms with Gasteiger partial charge in [0.2, 0.25) is 0 Å². The maximum Gasteiger partial charge on any atom is 0.135 e. The molecule has 1 fully saturated rings. The normalized spacial score (nSPS) is 15.6. The van der Waals surface area contributed by atoms with E-state index in [-0.39, 0.29) is 10.8 Å². The number of furan rings is 1. The van der Waals surface area contributed by atoms with Crippen LogP contribution >= 0.6 is 0 Å². The molecule has 0 amide bonds. The molecule has 59 heavy (non-hydrogen) atoms. The number of benzene rings is 8. The van der Waals surface area contributed by atoms with Gasteiger partial charge in [-0.15, -0.1) is 0 Å². The zero-order chi connectivity index (χ0) is 39.3. The Kier molecular flexibility index (Phi) is 7.54. The lowest BCUT2D eigenvalue weighted by atomic mass is 9.68. The molecule has 0 unspecified atom stereocenters. The van der Waals surface area contributed by atoms with E-state index < -0.39 is 0 Å². The van der Waals surface area contributed by atoms with E-state index in [0.29, 0.717) is 0 Å². The minimum atomic E-state index is -0.110. The van der Waals surface area contributed by atoms with Crippen LogP contribution in [0.4, 0.5) is 17.1 Å². The van der Waals surface area contributed by atoms with Crippen LogP contribution in [0.2, 0.25) is 0 Å². The van der Waals surface area contributed by atoms with E-state index >= 15 is 0 Å². The van der Waals surface area contributed by atoms with Gasteiger partial charge >= 0.3 is 0 Å². The van der Waals surface area contributed by atoms with Crippen molar-refractivity contribution in [3.8, 4) is 44.5 Å². The second kappa shape index (κ2) is 12.9. The Morgan fingerprint density at radius 2 is 0.983 bits per heavy atom. The van der Waals surface area contributed by atoms with Crippen LogP contribution in [0.15, 0.2) is 180 Å². The van der Waals surface area contributed by atoms with Crippen LogP contribution < -0.4 is 4.90 Å². The molecule has 0 aliphatic heterocycles. The molecular weight excluding hydrogens is 715 g/mol. The van der Waals surface area contributed by atoms with E-state index in [1.165, 1.54) is 98.9 Å². The van der Waals surface area contributed by atoms with Crippen LogP contribution in [0.1, 0.15) is 68.2 Å². The molecule has 1 heterocycles. The topological polar surface area (TPSA) is 16.4 Å². The van der Waals surface area contributed by atoms with Crippen molar-refractivity contribution < 1.29 is 4.42 Å². The average Bonchev–Trinajstić information content (AvgIpc) is 3.87. The predicted octanol–water partition coefficient (Wildman–Crippen LogP) is 15.9. The Labute approximate surface area is 346 Å². The third-order valence-corrected chi connectivity index (χ3v) is 14.1. The fraction of sp³-hybridized carbons (Fsp3) is 0.158. The van der Waals surface area contributed by atoms with Gasteiger partial charge in [-0.3, -0.25) is 0 Å². The average molecular weight is 760 g/mol. The molecule has 2 heteroatoms. The Hall–Kier alpha value is -6.64. The van der Waals surface area contributed by atoms with E-state index in [1.54, 1.807) is 0 Å². The predicted molar refractivity (Wildman–Crippen MR) is 246 cm³/mol. The van der Waals surface area contributed by atoms with Crippen molar-refractivity contribution in [1.29, 1.82) is 0 Å². The summed E-state index contributed by atoms with van der Waals surface area (Å²) in [7, 11) is 0. The smallest absolute Gasteiger partial charge is 0.135 e. The van der Waals surface area contributed by atoms with Crippen LogP contribution in [0.25, 0.3) is 66.4 Å². The fourth-order valence-electron chi connectivity index (χ4n) is 11.2. The number of nitrogens with zero attached hydrogens (tertiary/aromatic N) is 1. The lowest BCUT2D eigenvalue weighted by Gasteiger charge is -2.36. The zero-order valence-electron chi connectivity index (χ0n) is 33.6. The monoisotopic (exact) mass is 759 g/mol. The lowest BCUT2D eigenvalue weighted by molar-refractivity contribution is 0.353. The van der Waals surface area contributed by atoms with Gasteiger partial charge in [0.15, 0.2) is 0 Å². The molecule has 9 aromatic rings. The van der Waals surface area contributed by atoms with Crippen molar-refractivity contribution >= 4 is 39.0 Å². The number of hydrogen-bond donors (Lipinski definition) is 0. The summed E-state index contributed by atoms with van der Waals surface area (Å²) in [5.74, 6) is 0. The summed E-state index contributed by atoms with van der Waals surface area (Å²) in [6, 6.07) is 65.4. The third-order valence-electron chi connectivity index (χ3n) is 14.1. The fourth-order valence-corrected chi connectivity index (χ4v) is 11.2. The van der Waals surface area contributed by atoms with Crippen molar-refractivity contribution in [3.63, 3.8) is 0 Å². The molecule has 0 radical (unpaired) electrons. The number of fused-ring (bicyclic) bond motifs is 11. The summed E-state index contributed by atoms with van der Waals surface area (Å²) in [5, 5.41) is 2.26. The molecule has 284 valence electrons. The largest absolute Gasteiger partial charge is 0.456 e. The second-order valence-electron chi connectivity index (χ2n) is 17.6. The minimum Gasteiger partial charge on any atom is -0.456 e. The van der Waals surface area contributed by atoms with Crippen LogP contribution in [0.5, 0.6) is 0 Å². The van der Waals surface area contributed by atoms with E-state index in [1.807, 2.05) is 0 Å². The number of rotatable bonds is 5. The standard InChI is InChI=1S/C57H45NO/c1-56(2)49-19-9-7-16-44(49)45-29-27-42(36-52(45)56)58(40-25-22-38(23-26-40)37-14-5-3-6-15-37)41-28-31-54-48(35-41)47-34-39(24-30-53(47)59-54)43-18-13-21-51-55(43)46-17-8-10-20-50(46)57(51)32-11-4-12-33-57/h3,5-10,13-31,34-36H,4,11-12,32-33H2,1-2H3. The quantitative estimate of drug-likeness (QED) is 0.174. The number of hydrogen-bond acceptors (Lipinski definition) is 2. The molecule has 3 aliphatic rings. The van der Waals surface area contributed by atoms with Gasteiger partial charge in [0, 0.05) is 38.7 Å². The van der Waals surface area contributed by atoms with Gasteiger partial charge in [-0.25, -0.2) is 0 Å². The van der Waals surface area contributed by atoms with Crippen molar-refractivity contribution in [2.45, 2.75) is 56.8 Å². The maximum atomic E-state index is 6.60. The summed E-state index contributed by atoms with van der Waals surface area (Å²) in [6.45, 7) is 4.72. The van der Waals surface area contributed by atoms with Crippen molar-refractivity contribution in [3.05, 3.63) is 198 Å². The van der Waals surface area contributed by atoms with Gasteiger partial charge in [-0.05, 0) is 134 Å². The molecule has 0 bridgehead atoms. The van der Waals surface area contributed by atoms with Crippen molar-refractivity contribution in [2.75, 3.05) is 4.90 Å². The molecule has 1 aromatic heterocycles. The molecule has 3 aliphatic carbocycles. The minimum absolute atomic E-state index is 0.110. The zero-order valence-corrected chi connectivity index (χ0v) is 33.6. The van der Waals surface area contributed by atoms with Crippen LogP contribution in [0, 0.1) is 0 Å². The van der Waals surface area contributed by atoms with Gasteiger partial charge in [0.1, 0.15) is 11.2 Å². The summed E-state index contributed by atoms with van der Waals surface area (Å²) < 4.78 is 6.60. The second-order valence-corrected chi connectivity index (χ2v) is 17.6. The van der Waals surface area contributed by atoms with Gasteiger partial charge in [-0.1, -0.05) is 154 Å². The summed E-state index contributed by atoms with van der Waals surface area (Å²) >= 11 is 0. The van der Waals surface area contributed by atoms with Gasteiger partial charge in [-0.2, -0.15) is 0 Å². The molecule has 1 spiro atoms. The van der Waals surface area contributed by atoms with E-state index in [9.17, 15) is 0 Å². The van der Waals surface area contributed by atoms with Crippen LogP contribution in [-0.4, -0.2) is 0 Å². The number of anilines is 3. The lowest BCUT2D eigenvalue weighted by Crippen LogP contribution is -2.27. The van der Waals surface area contributed by atoms with E-state index in [4.69, 9.17) is 4.42 Å². The summed E-state index contributed by atoms with van der Waals surface area (Å²) in [6.07, 6.45) is 6.38. The first-order chi connectivity index (χ1) is 29.0. The molecule has 0 N–H and O–H groups in total. The molecule has 1 saturated carbocycles. The Morgan fingerprint density at radius 3 is 1.80 bits per heavy atom. The highest BCUT2D eigenvalue weighted by Gasteiger charge is 2.44. The first-order valence-electron chi connectivity index (χ1n) is 21.4. The SMILES string of the molecule is CC1(C)c2ccccc2-c2ccc(N(c3ccc(-c4ccccc4)cc3)c3ccc4oc5ccc(-c6cccc7c6-c6ccccc6C76CCCCC6)cc5c4c3)cc21. The highest BCUT2D eigenvalue weighted by atomic mass is 16.3. The van der Waals surface area contributed by atoms with E-state index in [0.717, 1.165) is 39.0 Å². The van der Waals surface area contributed by atoms with Crippen LogP contribution in [-0.2, 0) is 10.8 Å². The molecule has 0 saturated heterocycles. The Bertz CT molecular complexity index is 3110. The van der Waals surface area contributed by atoms with Gasteiger partial charge in [0.25, 0.3) is 0 Å². The highest BCUT2D eigenvalue weighted by Crippen LogP contribution is 2.58. The third kappa shape index (κ3) is 5.12. The summed E-state index contributed by atoms with van der Waals surface area (Å²) in [4.78, 5) is 2.42.